The lowest BCUT2D eigenvalue weighted by Gasteiger charge is -2.47. The highest BCUT2D eigenvalue weighted by atomic mass is 32.1. The van der Waals surface area contributed by atoms with Gasteiger partial charge in [-0.15, -0.1) is 11.3 Å². The first-order chi connectivity index (χ1) is 15.9. The van der Waals surface area contributed by atoms with Gasteiger partial charge in [-0.1, -0.05) is 30.3 Å². The van der Waals surface area contributed by atoms with E-state index in [2.05, 4.69) is 10.3 Å². The molecule has 0 radical (unpaired) electrons. The summed E-state index contributed by atoms with van der Waals surface area (Å²) in [5.74, 6) is -1.68. The summed E-state index contributed by atoms with van der Waals surface area (Å²) >= 11 is 1.40. The molecular formula is C25H25N3O4S. The second kappa shape index (κ2) is 9.15. The molecule has 3 aromatic rings. The Morgan fingerprint density at radius 2 is 1.85 bits per heavy atom. The maximum absolute atomic E-state index is 13.7. The van der Waals surface area contributed by atoms with Gasteiger partial charge in [0.25, 0.3) is 0 Å². The molecule has 0 amide bonds. The molecule has 1 aromatic carbocycles. The van der Waals surface area contributed by atoms with Crippen LogP contribution in [0.4, 0.5) is 0 Å². The number of pyridine rings is 1. The Hall–Kier alpha value is -3.52. The lowest BCUT2D eigenvalue weighted by atomic mass is 9.61. The first kappa shape index (κ1) is 22.7. The van der Waals surface area contributed by atoms with Gasteiger partial charge in [0.2, 0.25) is 0 Å². The van der Waals surface area contributed by atoms with Gasteiger partial charge in [0, 0.05) is 35.1 Å². The molecule has 3 unspecified atom stereocenters. The van der Waals surface area contributed by atoms with Gasteiger partial charge in [-0.05, 0) is 31.5 Å². The molecule has 0 spiro atoms. The average Bonchev–Trinajstić information content (AvgIpc) is 3.34. The number of allylic oxidation sites excluding steroid dienone is 1. The van der Waals surface area contributed by atoms with Crippen molar-refractivity contribution >= 4 is 23.3 Å². The van der Waals surface area contributed by atoms with Crippen molar-refractivity contribution in [1.29, 1.82) is 0 Å². The largest absolute Gasteiger partial charge is 0.468 e. The van der Waals surface area contributed by atoms with Crippen molar-refractivity contribution in [2.75, 3.05) is 14.2 Å². The lowest BCUT2D eigenvalue weighted by Crippen LogP contribution is -2.60. The van der Waals surface area contributed by atoms with Gasteiger partial charge in [0.1, 0.15) is 10.4 Å². The zero-order chi connectivity index (χ0) is 23.6. The highest BCUT2D eigenvalue weighted by Crippen LogP contribution is 2.51. The Bertz CT molecular complexity index is 1190. The van der Waals surface area contributed by atoms with E-state index in [-0.39, 0.29) is 0 Å². The number of methoxy groups -OCH3 is 2. The van der Waals surface area contributed by atoms with Gasteiger partial charge in [-0.25, -0.2) is 9.78 Å². The Morgan fingerprint density at radius 3 is 2.48 bits per heavy atom. The highest BCUT2D eigenvalue weighted by molar-refractivity contribution is 7.10. The predicted molar refractivity (Wildman–Crippen MR) is 126 cm³/mol. The van der Waals surface area contributed by atoms with E-state index in [9.17, 15) is 9.59 Å². The number of carbonyl (C=O) groups is 2. The minimum Gasteiger partial charge on any atom is -0.468 e. The van der Waals surface area contributed by atoms with E-state index in [1.165, 1.54) is 25.6 Å². The van der Waals surface area contributed by atoms with Crippen LogP contribution in [-0.2, 0) is 24.5 Å². The molecule has 33 heavy (non-hydrogen) atoms. The van der Waals surface area contributed by atoms with Crippen LogP contribution in [0.25, 0.3) is 11.3 Å². The maximum atomic E-state index is 13.7. The number of carbonyl (C=O) groups excluding carboxylic acids is 2. The number of esters is 2. The Balaban J connectivity index is 2.02. The molecule has 1 N–H and O–H groups in total. The third-order valence-electron chi connectivity index (χ3n) is 6.17. The third kappa shape index (κ3) is 3.70. The molecule has 4 rings (SSSR count). The summed E-state index contributed by atoms with van der Waals surface area (Å²) in [6.45, 7) is 3.74. The monoisotopic (exact) mass is 463 g/mol. The average molecular weight is 464 g/mol. The number of benzene rings is 1. The zero-order valence-electron chi connectivity index (χ0n) is 18.9. The summed E-state index contributed by atoms with van der Waals surface area (Å²) in [5.41, 5.74) is 2.07. The second-order valence-electron chi connectivity index (χ2n) is 7.87. The maximum Gasteiger partial charge on any atom is 0.336 e. The van der Waals surface area contributed by atoms with Crippen LogP contribution < -0.4 is 5.32 Å². The van der Waals surface area contributed by atoms with E-state index in [0.29, 0.717) is 16.3 Å². The number of ether oxygens (including phenoxy) is 2. The molecule has 3 atom stereocenters. The SMILES string of the molecule is COC(=O)C1=C(C)NC(C)C(C(=O)OC)(c2ccccc2)C1c1nc(-c2cccnc2)cs1. The van der Waals surface area contributed by atoms with Crippen molar-refractivity contribution in [1.82, 2.24) is 15.3 Å². The molecular weight excluding hydrogens is 438 g/mol. The van der Waals surface area contributed by atoms with Crippen molar-refractivity contribution in [2.24, 2.45) is 0 Å². The molecule has 2 aromatic heterocycles. The molecule has 3 heterocycles. The smallest absolute Gasteiger partial charge is 0.336 e. The number of hydrogen-bond donors (Lipinski definition) is 1. The van der Waals surface area contributed by atoms with Gasteiger partial charge in [-0.2, -0.15) is 0 Å². The molecule has 0 bridgehead atoms. The van der Waals surface area contributed by atoms with E-state index < -0.39 is 29.3 Å². The van der Waals surface area contributed by atoms with Crippen LogP contribution in [0.2, 0.25) is 0 Å². The van der Waals surface area contributed by atoms with Gasteiger partial charge in [0.15, 0.2) is 0 Å². The molecule has 0 aliphatic carbocycles. The van der Waals surface area contributed by atoms with E-state index >= 15 is 0 Å². The predicted octanol–water partition coefficient (Wildman–Crippen LogP) is 3.84. The standard InChI is InChI=1S/C25H25N3O4S/c1-15-20(23(29)31-3)21(22-28-19(14-33-22)17-9-8-12-26-13-17)25(16(2)27-15,24(30)32-4)18-10-6-5-7-11-18/h5-14,16,21,27H,1-4H3. The van der Waals surface area contributed by atoms with Gasteiger partial charge >= 0.3 is 11.9 Å². The first-order valence-corrected chi connectivity index (χ1v) is 11.4. The Morgan fingerprint density at radius 1 is 1.09 bits per heavy atom. The minimum atomic E-state index is -1.25. The van der Waals surface area contributed by atoms with Crippen LogP contribution in [0.15, 0.2) is 71.5 Å². The highest BCUT2D eigenvalue weighted by Gasteiger charge is 2.59. The lowest BCUT2D eigenvalue weighted by molar-refractivity contribution is -0.150. The van der Waals surface area contributed by atoms with E-state index in [0.717, 1.165) is 16.8 Å². The second-order valence-corrected chi connectivity index (χ2v) is 8.76. The van der Waals surface area contributed by atoms with Crippen molar-refractivity contribution < 1.29 is 19.1 Å². The van der Waals surface area contributed by atoms with Crippen LogP contribution >= 0.6 is 11.3 Å². The number of thiazole rings is 1. The summed E-state index contributed by atoms with van der Waals surface area (Å²) in [6.07, 6.45) is 3.43. The van der Waals surface area contributed by atoms with Crippen LogP contribution in [0, 0.1) is 0 Å². The Kier molecular flexibility index (Phi) is 6.29. The van der Waals surface area contributed by atoms with Gasteiger partial charge in [0.05, 0.1) is 31.4 Å². The summed E-state index contributed by atoms with van der Waals surface area (Å²) in [5, 5.41) is 5.87. The summed E-state index contributed by atoms with van der Waals surface area (Å²) < 4.78 is 10.5. The van der Waals surface area contributed by atoms with Crippen LogP contribution in [-0.4, -0.2) is 42.2 Å². The number of nitrogens with one attached hydrogen (secondary N) is 1. The fourth-order valence-electron chi connectivity index (χ4n) is 4.69. The normalized spacial score (nSPS) is 22.4. The molecule has 1 aliphatic heterocycles. The number of rotatable bonds is 5. The van der Waals surface area contributed by atoms with Crippen LogP contribution in [0.5, 0.6) is 0 Å². The molecule has 170 valence electrons. The topological polar surface area (TPSA) is 90.4 Å². The molecule has 0 saturated carbocycles. The number of nitrogens with zero attached hydrogens (tertiary/aromatic N) is 2. The number of hydrogen-bond acceptors (Lipinski definition) is 8. The molecule has 1 aliphatic rings. The van der Waals surface area contributed by atoms with E-state index in [4.69, 9.17) is 14.5 Å². The van der Waals surface area contributed by atoms with Crippen molar-refractivity contribution in [3.05, 3.63) is 82.1 Å². The zero-order valence-corrected chi connectivity index (χ0v) is 19.7. The molecule has 0 fully saturated rings. The first-order valence-electron chi connectivity index (χ1n) is 10.5. The fraction of sp³-hybridized carbons (Fsp3) is 0.280. The summed E-state index contributed by atoms with van der Waals surface area (Å²) in [7, 11) is 2.70. The molecule has 8 heteroatoms. The van der Waals surface area contributed by atoms with Crippen LogP contribution in [0.1, 0.15) is 30.3 Å². The summed E-state index contributed by atoms with van der Waals surface area (Å²) in [4.78, 5) is 35.8. The van der Waals surface area contributed by atoms with E-state index in [1.54, 1.807) is 12.4 Å². The minimum absolute atomic E-state index is 0.358. The third-order valence-corrected chi connectivity index (χ3v) is 7.08. The van der Waals surface area contributed by atoms with Crippen molar-refractivity contribution in [2.45, 2.75) is 31.2 Å². The fourth-order valence-corrected chi connectivity index (χ4v) is 5.70. The Labute approximate surface area is 196 Å². The molecule has 0 saturated heterocycles. The van der Waals surface area contributed by atoms with Crippen molar-refractivity contribution in [3.8, 4) is 11.3 Å². The quantitative estimate of drug-likeness (QED) is 0.575. The molecule has 7 nitrogen and oxygen atoms in total. The summed E-state index contributed by atoms with van der Waals surface area (Å²) in [6, 6.07) is 12.8. The van der Waals surface area contributed by atoms with Gasteiger partial charge in [-0.3, -0.25) is 9.78 Å². The number of aromatic nitrogens is 2. The van der Waals surface area contributed by atoms with Crippen LogP contribution in [0.3, 0.4) is 0 Å². The van der Waals surface area contributed by atoms with E-state index in [1.807, 2.05) is 61.7 Å². The van der Waals surface area contributed by atoms with Gasteiger partial charge < -0.3 is 14.8 Å². The van der Waals surface area contributed by atoms with Crippen molar-refractivity contribution in [3.63, 3.8) is 0 Å².